The molecule has 0 amide bonds. The molecule has 1 aliphatic heterocycles. The fraction of sp³-hybridized carbons (Fsp3) is 0.500. The Kier molecular flexibility index (Phi) is 2.88. The molecule has 20 heavy (non-hydrogen) atoms. The molecule has 0 bridgehead atoms. The predicted octanol–water partition coefficient (Wildman–Crippen LogP) is 1.52. The molecule has 1 saturated heterocycles. The molecule has 1 saturated carbocycles. The van der Waals surface area contributed by atoms with Gasteiger partial charge in [0.15, 0.2) is 0 Å². The number of hydrogen-bond donors (Lipinski definition) is 2. The lowest BCUT2D eigenvalue weighted by molar-refractivity contribution is 0.326. The molecule has 1 aromatic carbocycles. The van der Waals surface area contributed by atoms with Crippen LogP contribution in [0.15, 0.2) is 24.3 Å². The zero-order chi connectivity index (χ0) is 13.4. The number of tetrazole rings is 1. The van der Waals surface area contributed by atoms with E-state index < -0.39 is 0 Å². The van der Waals surface area contributed by atoms with E-state index in [1.807, 2.05) is 12.1 Å². The summed E-state index contributed by atoms with van der Waals surface area (Å²) >= 11 is 0. The highest BCUT2D eigenvalue weighted by Gasteiger charge is 2.34. The molecule has 2 heterocycles. The summed E-state index contributed by atoms with van der Waals surface area (Å²) in [6, 6.07) is 9.64. The van der Waals surface area contributed by atoms with Crippen molar-refractivity contribution >= 4 is 5.69 Å². The van der Waals surface area contributed by atoms with Crippen molar-refractivity contribution in [1.82, 2.24) is 25.5 Å². The maximum atomic E-state index is 4.02. The second kappa shape index (κ2) is 4.86. The summed E-state index contributed by atoms with van der Waals surface area (Å²) in [6.07, 6.45) is 4.00. The highest BCUT2D eigenvalue weighted by Crippen LogP contribution is 2.30. The molecular weight excluding hydrogens is 252 g/mol. The van der Waals surface area contributed by atoms with Crippen molar-refractivity contribution in [3.05, 3.63) is 24.3 Å². The lowest BCUT2D eigenvalue weighted by atomic mass is 10.1. The summed E-state index contributed by atoms with van der Waals surface area (Å²) in [6.45, 7) is 2.39. The average molecular weight is 270 g/mol. The van der Waals surface area contributed by atoms with Crippen LogP contribution in [-0.4, -0.2) is 50.7 Å². The highest BCUT2D eigenvalue weighted by molar-refractivity contribution is 5.62. The molecule has 1 atom stereocenters. The fourth-order valence-corrected chi connectivity index (χ4v) is 2.94. The van der Waals surface area contributed by atoms with Gasteiger partial charge in [0.25, 0.3) is 0 Å². The standard InChI is InChI=1S/C14H18N6/c1-2-10(14-16-18-19-17-14)8-11(3-1)15-12-6-7-20(9-12)13-4-5-13/h1-3,8,12-13,15H,4-7,9H2,(H,16,17,18,19). The number of likely N-dealkylation sites (tertiary alicyclic amines) is 1. The second-order valence-corrected chi connectivity index (χ2v) is 5.67. The molecule has 1 aliphatic carbocycles. The van der Waals surface area contributed by atoms with Crippen LogP contribution in [0.2, 0.25) is 0 Å². The molecule has 0 radical (unpaired) electrons. The van der Waals surface area contributed by atoms with Gasteiger partial charge in [0, 0.05) is 36.4 Å². The summed E-state index contributed by atoms with van der Waals surface area (Å²) < 4.78 is 0. The van der Waals surface area contributed by atoms with Crippen LogP contribution in [0.4, 0.5) is 5.69 Å². The first kappa shape index (κ1) is 11.8. The van der Waals surface area contributed by atoms with Gasteiger partial charge in [0.2, 0.25) is 5.82 Å². The van der Waals surface area contributed by atoms with Crippen molar-refractivity contribution in [2.24, 2.45) is 0 Å². The molecule has 6 nitrogen and oxygen atoms in total. The molecular formula is C14H18N6. The smallest absolute Gasteiger partial charge is 0.204 e. The van der Waals surface area contributed by atoms with Crippen LogP contribution in [0, 0.1) is 0 Å². The Balaban J connectivity index is 1.45. The summed E-state index contributed by atoms with van der Waals surface area (Å²) in [7, 11) is 0. The first-order valence-corrected chi connectivity index (χ1v) is 7.23. The van der Waals surface area contributed by atoms with Crippen LogP contribution in [0.25, 0.3) is 11.4 Å². The van der Waals surface area contributed by atoms with Crippen LogP contribution in [0.5, 0.6) is 0 Å². The van der Waals surface area contributed by atoms with Crippen molar-refractivity contribution in [1.29, 1.82) is 0 Å². The van der Waals surface area contributed by atoms with Gasteiger partial charge in [0.1, 0.15) is 0 Å². The van der Waals surface area contributed by atoms with Gasteiger partial charge in [-0.25, -0.2) is 0 Å². The van der Waals surface area contributed by atoms with Crippen molar-refractivity contribution in [3.8, 4) is 11.4 Å². The Hall–Kier alpha value is -1.95. The lowest BCUT2D eigenvalue weighted by Crippen LogP contribution is -2.27. The van der Waals surface area contributed by atoms with Crippen molar-refractivity contribution in [3.63, 3.8) is 0 Å². The molecule has 104 valence electrons. The minimum absolute atomic E-state index is 0.552. The molecule has 1 aromatic heterocycles. The van der Waals surface area contributed by atoms with E-state index in [4.69, 9.17) is 0 Å². The zero-order valence-electron chi connectivity index (χ0n) is 11.3. The fourth-order valence-electron chi connectivity index (χ4n) is 2.94. The number of hydrogen-bond acceptors (Lipinski definition) is 5. The summed E-state index contributed by atoms with van der Waals surface area (Å²) in [5, 5.41) is 17.8. The van der Waals surface area contributed by atoms with E-state index in [-0.39, 0.29) is 0 Å². The minimum Gasteiger partial charge on any atom is -0.381 e. The summed E-state index contributed by atoms with van der Waals surface area (Å²) in [5.74, 6) is 0.639. The van der Waals surface area contributed by atoms with E-state index in [0.717, 1.165) is 23.8 Å². The maximum absolute atomic E-state index is 4.02. The van der Waals surface area contributed by atoms with E-state index in [1.54, 1.807) is 0 Å². The number of nitrogens with zero attached hydrogens (tertiary/aromatic N) is 4. The molecule has 2 aliphatic rings. The third-order valence-electron chi connectivity index (χ3n) is 4.12. The number of aromatic amines is 1. The van der Waals surface area contributed by atoms with E-state index in [1.165, 1.54) is 25.8 Å². The van der Waals surface area contributed by atoms with Gasteiger partial charge >= 0.3 is 0 Å². The lowest BCUT2D eigenvalue weighted by Gasteiger charge is -2.17. The highest BCUT2D eigenvalue weighted by atomic mass is 15.5. The summed E-state index contributed by atoms with van der Waals surface area (Å²) in [4.78, 5) is 2.61. The molecule has 2 fully saturated rings. The monoisotopic (exact) mass is 270 g/mol. The van der Waals surface area contributed by atoms with Crippen molar-refractivity contribution in [2.75, 3.05) is 18.4 Å². The molecule has 0 spiro atoms. The Morgan fingerprint density at radius 2 is 2.20 bits per heavy atom. The molecule has 4 rings (SSSR count). The van der Waals surface area contributed by atoms with Gasteiger partial charge in [-0.1, -0.05) is 12.1 Å². The van der Waals surface area contributed by atoms with Gasteiger partial charge < -0.3 is 5.32 Å². The van der Waals surface area contributed by atoms with Gasteiger partial charge in [-0.2, -0.15) is 5.21 Å². The number of aromatic nitrogens is 4. The third-order valence-corrected chi connectivity index (χ3v) is 4.12. The average Bonchev–Trinajstić information content (AvgIpc) is 3.00. The maximum Gasteiger partial charge on any atom is 0.204 e. The Morgan fingerprint density at radius 1 is 1.25 bits per heavy atom. The first-order valence-electron chi connectivity index (χ1n) is 7.23. The molecule has 2 N–H and O–H groups in total. The van der Waals surface area contributed by atoms with Gasteiger partial charge in [0.05, 0.1) is 0 Å². The topological polar surface area (TPSA) is 69.7 Å². The second-order valence-electron chi connectivity index (χ2n) is 5.67. The van der Waals surface area contributed by atoms with Gasteiger partial charge in [-0.3, -0.25) is 4.90 Å². The largest absolute Gasteiger partial charge is 0.381 e. The predicted molar refractivity (Wildman–Crippen MR) is 76.2 cm³/mol. The minimum atomic E-state index is 0.552. The molecule has 6 heteroatoms. The van der Waals surface area contributed by atoms with Crippen LogP contribution in [0.3, 0.4) is 0 Å². The quantitative estimate of drug-likeness (QED) is 0.881. The van der Waals surface area contributed by atoms with Crippen molar-refractivity contribution < 1.29 is 0 Å². The third kappa shape index (κ3) is 2.38. The number of nitrogens with one attached hydrogen (secondary N) is 2. The van der Waals surface area contributed by atoms with Crippen LogP contribution in [-0.2, 0) is 0 Å². The van der Waals surface area contributed by atoms with E-state index in [0.29, 0.717) is 11.9 Å². The Bertz CT molecular complexity index is 577. The Labute approximate surface area is 117 Å². The van der Waals surface area contributed by atoms with E-state index in [9.17, 15) is 0 Å². The van der Waals surface area contributed by atoms with E-state index in [2.05, 4.69) is 43.0 Å². The van der Waals surface area contributed by atoms with Crippen LogP contribution >= 0.6 is 0 Å². The molecule has 1 unspecified atom stereocenters. The van der Waals surface area contributed by atoms with E-state index >= 15 is 0 Å². The van der Waals surface area contributed by atoms with Crippen molar-refractivity contribution in [2.45, 2.75) is 31.3 Å². The number of H-pyrrole nitrogens is 1. The Morgan fingerprint density at radius 3 is 3.00 bits per heavy atom. The first-order chi connectivity index (χ1) is 9.88. The SMILES string of the molecule is c1cc(NC2CCN(C3CC3)C2)cc(-c2nn[nH]n2)c1. The zero-order valence-corrected chi connectivity index (χ0v) is 11.3. The van der Waals surface area contributed by atoms with Crippen LogP contribution < -0.4 is 5.32 Å². The summed E-state index contributed by atoms with van der Waals surface area (Å²) in [5.41, 5.74) is 2.12. The normalized spacial score (nSPS) is 23.1. The van der Waals surface area contributed by atoms with Gasteiger partial charge in [-0.15, -0.1) is 10.2 Å². The number of anilines is 1. The van der Waals surface area contributed by atoms with Crippen LogP contribution in [0.1, 0.15) is 19.3 Å². The van der Waals surface area contributed by atoms with Gasteiger partial charge in [-0.05, 0) is 36.6 Å². The number of rotatable bonds is 4. The molecule has 2 aromatic rings. The number of benzene rings is 1.